The predicted octanol–water partition coefficient (Wildman–Crippen LogP) is 1.06. The predicted molar refractivity (Wildman–Crippen MR) is 64.2 cm³/mol. The molecule has 1 aromatic heterocycles. The van der Waals surface area contributed by atoms with Gasteiger partial charge in [0.2, 0.25) is 0 Å². The van der Waals surface area contributed by atoms with Crippen LogP contribution in [-0.2, 0) is 23.0 Å². The Morgan fingerprint density at radius 2 is 2.26 bits per heavy atom. The number of carbonyl (C=O) groups excluding carboxylic acids is 1. The normalized spacial score (nSPS) is 11.7. The number of aryl methyl sites for hydroxylation is 2. The van der Waals surface area contributed by atoms with Crippen LogP contribution in [0.1, 0.15) is 31.2 Å². The van der Waals surface area contributed by atoms with Gasteiger partial charge in [-0.15, -0.1) is 0 Å². The van der Waals surface area contributed by atoms with Crippen LogP contribution in [0.25, 0.3) is 0 Å². The summed E-state index contributed by atoms with van der Waals surface area (Å²) in [6.07, 6.45) is 0.338. The summed E-state index contributed by atoms with van der Waals surface area (Å²) < 4.78 is 5.95. The van der Waals surface area contributed by atoms with Gasteiger partial charge in [0.25, 0.3) is 0 Å². The first kappa shape index (κ1) is 14.6. The quantitative estimate of drug-likeness (QED) is 0.447. The van der Waals surface area contributed by atoms with Gasteiger partial charge in [-0.3, -0.25) is 19.6 Å². The molecule has 0 aliphatic heterocycles. The fourth-order valence-corrected chi connectivity index (χ4v) is 1.80. The largest absolute Gasteiger partial charge is 0.465 e. The number of carbonyl (C=O) groups is 1. The molecule has 1 atom stereocenters. The Balaban J connectivity index is 3.39. The maximum atomic E-state index is 11.7. The number of nitrogens with zero attached hydrogens (tertiary/aromatic N) is 4. The summed E-state index contributed by atoms with van der Waals surface area (Å²) >= 11 is 0. The number of hydrogen-bond donors (Lipinski definition) is 0. The maximum absolute atomic E-state index is 11.7. The second kappa shape index (κ2) is 5.95. The second-order valence-corrected chi connectivity index (χ2v) is 3.73. The summed E-state index contributed by atoms with van der Waals surface area (Å²) in [6.45, 7) is 3.41. The number of ether oxygens (including phenoxy) is 1. The van der Waals surface area contributed by atoms with Crippen LogP contribution in [0.5, 0.6) is 0 Å². The van der Waals surface area contributed by atoms with Crippen molar-refractivity contribution in [2.75, 3.05) is 6.61 Å². The Labute approximate surface area is 109 Å². The topological polar surface area (TPSA) is 111 Å². The van der Waals surface area contributed by atoms with Crippen LogP contribution in [-0.4, -0.2) is 27.3 Å². The SMILES string of the molecule is CCOC(=O)C(C#N)c1c([N+](=O)[O-])c(CC)nn1C. The number of nitriles is 1. The standard InChI is InChI=1S/C11H14N4O4/c1-4-8-10(15(17)18)9(14(3)13-8)7(6-12)11(16)19-5-2/h7H,4-5H2,1-3H3. The lowest BCUT2D eigenvalue weighted by Gasteiger charge is -2.08. The fourth-order valence-electron chi connectivity index (χ4n) is 1.80. The molecule has 1 unspecified atom stereocenters. The van der Waals surface area contributed by atoms with Crippen molar-refractivity contribution in [1.82, 2.24) is 9.78 Å². The van der Waals surface area contributed by atoms with E-state index in [0.29, 0.717) is 6.42 Å². The van der Waals surface area contributed by atoms with Gasteiger partial charge in [-0.25, -0.2) is 0 Å². The molecule has 1 aromatic rings. The fraction of sp³-hybridized carbons (Fsp3) is 0.545. The zero-order valence-electron chi connectivity index (χ0n) is 10.9. The molecule has 0 bridgehead atoms. The minimum absolute atomic E-state index is 0.0391. The second-order valence-electron chi connectivity index (χ2n) is 3.73. The first-order valence-corrected chi connectivity index (χ1v) is 5.74. The number of esters is 1. The van der Waals surface area contributed by atoms with Crippen LogP contribution in [0, 0.1) is 21.4 Å². The van der Waals surface area contributed by atoms with Gasteiger partial charge in [0.1, 0.15) is 11.4 Å². The van der Waals surface area contributed by atoms with Gasteiger partial charge >= 0.3 is 11.7 Å². The van der Waals surface area contributed by atoms with Crippen molar-refractivity contribution >= 4 is 11.7 Å². The highest BCUT2D eigenvalue weighted by Crippen LogP contribution is 2.30. The zero-order chi connectivity index (χ0) is 14.6. The van der Waals surface area contributed by atoms with Gasteiger partial charge < -0.3 is 4.74 Å². The average molecular weight is 266 g/mol. The van der Waals surface area contributed by atoms with E-state index < -0.39 is 16.8 Å². The number of hydrogen-bond acceptors (Lipinski definition) is 6. The van der Waals surface area contributed by atoms with Crippen LogP contribution < -0.4 is 0 Å². The molecule has 0 aromatic carbocycles. The molecule has 0 aliphatic carbocycles. The summed E-state index contributed by atoms with van der Waals surface area (Å²) in [7, 11) is 1.46. The Kier molecular flexibility index (Phi) is 4.58. The van der Waals surface area contributed by atoms with Crippen molar-refractivity contribution in [2.24, 2.45) is 7.05 Å². The van der Waals surface area contributed by atoms with E-state index in [4.69, 9.17) is 10.00 Å². The van der Waals surface area contributed by atoms with Crippen LogP contribution in [0.15, 0.2) is 0 Å². The highest BCUT2D eigenvalue weighted by atomic mass is 16.6. The van der Waals surface area contributed by atoms with Crippen molar-refractivity contribution in [1.29, 1.82) is 5.26 Å². The van der Waals surface area contributed by atoms with Gasteiger partial charge in [-0.1, -0.05) is 6.92 Å². The molecule has 0 saturated carbocycles. The Hall–Kier alpha value is -2.43. The Morgan fingerprint density at radius 1 is 1.63 bits per heavy atom. The van der Waals surface area contributed by atoms with E-state index >= 15 is 0 Å². The molecule has 8 heteroatoms. The van der Waals surface area contributed by atoms with Crippen molar-refractivity contribution < 1.29 is 14.5 Å². The van der Waals surface area contributed by atoms with Crippen LogP contribution >= 0.6 is 0 Å². The summed E-state index contributed by atoms with van der Waals surface area (Å²) in [4.78, 5) is 22.2. The molecule has 0 fully saturated rings. The molecule has 0 N–H and O–H groups in total. The zero-order valence-corrected chi connectivity index (χ0v) is 10.9. The summed E-state index contributed by atoms with van der Waals surface area (Å²) in [5.41, 5.74) is -0.0838. The lowest BCUT2D eigenvalue weighted by molar-refractivity contribution is -0.386. The minimum Gasteiger partial charge on any atom is -0.465 e. The summed E-state index contributed by atoms with van der Waals surface area (Å²) in [5, 5.41) is 24.2. The van der Waals surface area contributed by atoms with Crippen molar-refractivity contribution in [2.45, 2.75) is 26.2 Å². The van der Waals surface area contributed by atoms with Gasteiger partial charge in [0, 0.05) is 7.05 Å². The smallest absolute Gasteiger partial charge is 0.329 e. The summed E-state index contributed by atoms with van der Waals surface area (Å²) in [5.74, 6) is -2.16. The van der Waals surface area contributed by atoms with Gasteiger partial charge in [-0.2, -0.15) is 10.4 Å². The van der Waals surface area contributed by atoms with E-state index in [0.717, 1.165) is 0 Å². The van der Waals surface area contributed by atoms with Crippen LogP contribution in [0.3, 0.4) is 0 Å². The number of rotatable bonds is 5. The Bertz CT molecular complexity index is 544. The first-order valence-electron chi connectivity index (χ1n) is 5.74. The van der Waals surface area contributed by atoms with Crippen molar-refractivity contribution in [3.8, 4) is 6.07 Å². The average Bonchev–Trinajstić information content (AvgIpc) is 2.68. The van der Waals surface area contributed by atoms with Crippen molar-refractivity contribution in [3.63, 3.8) is 0 Å². The minimum atomic E-state index is -1.35. The highest BCUT2D eigenvalue weighted by molar-refractivity contribution is 5.82. The molecule has 0 aliphatic rings. The van der Waals surface area contributed by atoms with E-state index in [1.807, 2.05) is 0 Å². The first-order chi connectivity index (χ1) is 8.97. The van der Waals surface area contributed by atoms with E-state index in [-0.39, 0.29) is 23.7 Å². The molecule has 8 nitrogen and oxygen atoms in total. The van der Waals surface area contributed by atoms with Crippen LogP contribution in [0.2, 0.25) is 0 Å². The Morgan fingerprint density at radius 3 is 2.68 bits per heavy atom. The molecule has 0 spiro atoms. The summed E-state index contributed by atoms with van der Waals surface area (Å²) in [6, 6.07) is 1.74. The van der Waals surface area contributed by atoms with Gasteiger partial charge in [-0.05, 0) is 13.3 Å². The third-order valence-electron chi connectivity index (χ3n) is 2.58. The van der Waals surface area contributed by atoms with E-state index in [2.05, 4.69) is 5.10 Å². The van der Waals surface area contributed by atoms with E-state index in [1.54, 1.807) is 19.9 Å². The lowest BCUT2D eigenvalue weighted by Crippen LogP contribution is -2.18. The monoisotopic (exact) mass is 266 g/mol. The molecular weight excluding hydrogens is 252 g/mol. The van der Waals surface area contributed by atoms with Gasteiger partial charge in [0.05, 0.1) is 17.6 Å². The van der Waals surface area contributed by atoms with Crippen molar-refractivity contribution in [3.05, 3.63) is 21.5 Å². The molecule has 0 saturated heterocycles. The van der Waals surface area contributed by atoms with Crippen LogP contribution in [0.4, 0.5) is 5.69 Å². The lowest BCUT2D eigenvalue weighted by atomic mass is 10.0. The molecule has 0 radical (unpaired) electrons. The molecule has 19 heavy (non-hydrogen) atoms. The molecule has 0 amide bonds. The third-order valence-corrected chi connectivity index (χ3v) is 2.58. The number of aromatic nitrogens is 2. The number of nitro groups is 1. The molecular formula is C11H14N4O4. The molecule has 1 rings (SSSR count). The maximum Gasteiger partial charge on any atom is 0.329 e. The van der Waals surface area contributed by atoms with E-state index in [9.17, 15) is 14.9 Å². The molecule has 102 valence electrons. The van der Waals surface area contributed by atoms with E-state index in [1.165, 1.54) is 11.7 Å². The third kappa shape index (κ3) is 2.70. The van der Waals surface area contributed by atoms with Gasteiger partial charge in [0.15, 0.2) is 5.92 Å². The highest BCUT2D eigenvalue weighted by Gasteiger charge is 2.36. The molecule has 1 heterocycles.